The van der Waals surface area contributed by atoms with Crippen molar-refractivity contribution in [3.8, 4) is 0 Å². The molecule has 0 unspecified atom stereocenters. The Bertz CT molecular complexity index is 1100. The molecule has 0 amide bonds. The average Bonchev–Trinajstić information content (AvgIpc) is 3.06. The van der Waals surface area contributed by atoms with Crippen LogP contribution < -0.4 is 0 Å². The lowest BCUT2D eigenvalue weighted by atomic mass is 10.0. The second-order valence-electron chi connectivity index (χ2n) is 12.1. The van der Waals surface area contributed by atoms with Crippen LogP contribution in [-0.2, 0) is 35.5 Å². The van der Waals surface area contributed by atoms with Crippen LogP contribution in [-0.4, -0.2) is 11.9 Å². The van der Waals surface area contributed by atoms with Gasteiger partial charge in [-0.05, 0) is 72.2 Å². The minimum Gasteiger partial charge on any atom is -0.457 e. The lowest BCUT2D eigenvalue weighted by Gasteiger charge is -2.08. The van der Waals surface area contributed by atoms with Crippen LogP contribution in [0.25, 0.3) is 0 Å². The minimum absolute atomic E-state index is 0.220. The van der Waals surface area contributed by atoms with E-state index in [1.165, 1.54) is 101 Å². The van der Waals surface area contributed by atoms with Crippen molar-refractivity contribution in [2.45, 2.75) is 130 Å². The summed E-state index contributed by atoms with van der Waals surface area (Å²) in [6.07, 6.45) is 20.5. The maximum atomic E-state index is 12.6. The molecule has 0 radical (unpaired) electrons. The summed E-state index contributed by atoms with van der Waals surface area (Å²) < 4.78 is 11.0. The summed E-state index contributed by atoms with van der Waals surface area (Å²) in [5.74, 6) is -0.817. The Morgan fingerprint density at radius 2 is 0.705 bits per heavy atom. The number of carbonyl (C=O) groups is 2. The van der Waals surface area contributed by atoms with Crippen LogP contribution in [0.1, 0.15) is 147 Å². The van der Waals surface area contributed by atoms with Gasteiger partial charge in [-0.25, -0.2) is 9.59 Å². The monoisotopic (exact) mass is 598 g/mol. The molecule has 3 aromatic rings. The zero-order valence-electron chi connectivity index (χ0n) is 27.3. The van der Waals surface area contributed by atoms with E-state index >= 15 is 0 Å². The number of ether oxygens (including phenoxy) is 2. The fourth-order valence-corrected chi connectivity index (χ4v) is 5.38. The highest BCUT2D eigenvalue weighted by Crippen LogP contribution is 2.15. The second kappa shape index (κ2) is 21.3. The maximum absolute atomic E-state index is 12.6. The van der Waals surface area contributed by atoms with Crippen molar-refractivity contribution in [2.75, 3.05) is 0 Å². The molecule has 0 aliphatic carbocycles. The third-order valence-corrected chi connectivity index (χ3v) is 8.28. The molecular weight excluding hydrogens is 544 g/mol. The van der Waals surface area contributed by atoms with Gasteiger partial charge in [-0.3, -0.25) is 0 Å². The van der Waals surface area contributed by atoms with Crippen LogP contribution in [0.3, 0.4) is 0 Å². The molecule has 238 valence electrons. The molecule has 0 N–H and O–H groups in total. The first-order valence-electron chi connectivity index (χ1n) is 17.2. The number of unbranched alkanes of at least 4 members (excludes halogenated alkanes) is 12. The number of carbonyl (C=O) groups excluding carboxylic acids is 2. The third kappa shape index (κ3) is 13.9. The third-order valence-electron chi connectivity index (χ3n) is 8.28. The first-order chi connectivity index (χ1) is 21.6. The number of benzene rings is 3. The van der Waals surface area contributed by atoms with Crippen molar-refractivity contribution >= 4 is 11.9 Å². The Balaban J connectivity index is 1.32. The summed E-state index contributed by atoms with van der Waals surface area (Å²) in [7, 11) is 0. The molecule has 0 spiro atoms. The molecule has 0 aromatic heterocycles. The fraction of sp³-hybridized carbons (Fsp3) is 0.500. The molecular formula is C40H54O4. The topological polar surface area (TPSA) is 52.6 Å². The number of hydrogen-bond acceptors (Lipinski definition) is 4. The summed E-state index contributed by atoms with van der Waals surface area (Å²) in [5.41, 5.74) is 5.40. The van der Waals surface area contributed by atoms with Gasteiger partial charge in [-0.1, -0.05) is 139 Å². The van der Waals surface area contributed by atoms with Crippen molar-refractivity contribution in [3.63, 3.8) is 0 Å². The van der Waals surface area contributed by atoms with Gasteiger partial charge in [0.2, 0.25) is 0 Å². The molecule has 0 saturated heterocycles. The van der Waals surface area contributed by atoms with Gasteiger partial charge < -0.3 is 9.47 Å². The summed E-state index contributed by atoms with van der Waals surface area (Å²) in [5, 5.41) is 0. The maximum Gasteiger partial charge on any atom is 0.338 e. The van der Waals surface area contributed by atoms with Crippen LogP contribution >= 0.6 is 0 Å². The molecule has 0 bridgehead atoms. The zero-order chi connectivity index (χ0) is 31.2. The highest BCUT2D eigenvalue weighted by Gasteiger charge is 2.12. The first-order valence-corrected chi connectivity index (χ1v) is 17.2. The van der Waals surface area contributed by atoms with E-state index in [1.54, 1.807) is 24.3 Å². The van der Waals surface area contributed by atoms with Gasteiger partial charge in [0.1, 0.15) is 13.2 Å². The zero-order valence-corrected chi connectivity index (χ0v) is 27.3. The van der Waals surface area contributed by atoms with E-state index < -0.39 is 11.9 Å². The Morgan fingerprint density at radius 3 is 1.05 bits per heavy atom. The lowest BCUT2D eigenvalue weighted by Crippen LogP contribution is -2.08. The van der Waals surface area contributed by atoms with E-state index in [0.717, 1.165) is 24.0 Å². The van der Waals surface area contributed by atoms with E-state index in [9.17, 15) is 9.59 Å². The van der Waals surface area contributed by atoms with Gasteiger partial charge >= 0.3 is 11.9 Å². The normalized spacial score (nSPS) is 11.0. The van der Waals surface area contributed by atoms with Crippen molar-refractivity contribution in [2.24, 2.45) is 0 Å². The predicted octanol–water partition coefficient (Wildman–Crippen LogP) is 11.0. The lowest BCUT2D eigenvalue weighted by molar-refractivity contribution is 0.0458. The van der Waals surface area contributed by atoms with Gasteiger partial charge in [0.15, 0.2) is 0 Å². The van der Waals surface area contributed by atoms with Crippen molar-refractivity contribution in [1.29, 1.82) is 0 Å². The van der Waals surface area contributed by atoms with E-state index in [-0.39, 0.29) is 13.2 Å². The van der Waals surface area contributed by atoms with E-state index in [1.807, 2.05) is 24.3 Å². The Labute approximate surface area is 266 Å². The molecule has 4 heteroatoms. The van der Waals surface area contributed by atoms with Gasteiger partial charge in [0.25, 0.3) is 0 Å². The SMILES string of the molecule is CCCCCCCCCc1ccc(COC(=O)c2ccc(C(=O)OCc3ccc(CCCCCCCCC)cc3)cc2)cc1. The molecule has 0 heterocycles. The predicted molar refractivity (Wildman–Crippen MR) is 181 cm³/mol. The largest absolute Gasteiger partial charge is 0.457 e. The average molecular weight is 599 g/mol. The van der Waals surface area contributed by atoms with Crippen LogP contribution in [0.4, 0.5) is 0 Å². The first kappa shape index (κ1) is 35.1. The summed E-state index contributed by atoms with van der Waals surface area (Å²) in [4.78, 5) is 25.1. The van der Waals surface area contributed by atoms with Crippen LogP contribution in [0.5, 0.6) is 0 Å². The summed E-state index contributed by atoms with van der Waals surface area (Å²) >= 11 is 0. The van der Waals surface area contributed by atoms with Gasteiger partial charge in [-0.2, -0.15) is 0 Å². The van der Waals surface area contributed by atoms with Crippen molar-refractivity contribution in [1.82, 2.24) is 0 Å². The minimum atomic E-state index is -0.409. The Hall–Kier alpha value is -3.40. The number of esters is 2. The van der Waals surface area contributed by atoms with Gasteiger partial charge in [-0.15, -0.1) is 0 Å². The Kier molecular flexibility index (Phi) is 17.0. The molecule has 0 aliphatic heterocycles. The molecule has 4 nitrogen and oxygen atoms in total. The summed E-state index contributed by atoms with van der Waals surface area (Å²) in [6, 6.07) is 23.1. The van der Waals surface area contributed by atoms with Crippen molar-refractivity contribution < 1.29 is 19.1 Å². The Morgan fingerprint density at radius 1 is 0.409 bits per heavy atom. The molecule has 44 heavy (non-hydrogen) atoms. The van der Waals surface area contributed by atoms with Crippen LogP contribution in [0, 0.1) is 0 Å². The van der Waals surface area contributed by atoms with E-state index in [0.29, 0.717) is 11.1 Å². The quantitative estimate of drug-likeness (QED) is 0.0853. The van der Waals surface area contributed by atoms with E-state index in [2.05, 4.69) is 38.1 Å². The number of rotatable bonds is 22. The van der Waals surface area contributed by atoms with Gasteiger partial charge in [0.05, 0.1) is 11.1 Å². The van der Waals surface area contributed by atoms with E-state index in [4.69, 9.17) is 9.47 Å². The smallest absolute Gasteiger partial charge is 0.338 e. The fourth-order valence-electron chi connectivity index (χ4n) is 5.38. The molecule has 0 fully saturated rings. The standard InChI is InChI=1S/C40H54O4/c1-3-5-7-9-11-13-15-17-33-19-23-35(24-20-33)31-43-39(41)37-27-29-38(30-28-37)40(42)44-32-36-25-21-34(22-26-36)18-16-14-12-10-8-6-4-2/h19-30H,3-18,31-32H2,1-2H3. The number of aryl methyl sites for hydroxylation is 2. The van der Waals surface area contributed by atoms with Crippen molar-refractivity contribution in [3.05, 3.63) is 106 Å². The molecule has 0 aliphatic rings. The highest BCUT2D eigenvalue weighted by atomic mass is 16.5. The molecule has 3 aromatic carbocycles. The molecule has 3 rings (SSSR count). The number of hydrogen-bond donors (Lipinski definition) is 0. The molecule has 0 saturated carbocycles. The van der Waals surface area contributed by atoms with Gasteiger partial charge in [0, 0.05) is 0 Å². The summed E-state index contributed by atoms with van der Waals surface area (Å²) in [6.45, 7) is 4.94. The second-order valence-corrected chi connectivity index (χ2v) is 12.1. The highest BCUT2D eigenvalue weighted by molar-refractivity contribution is 5.93. The van der Waals surface area contributed by atoms with Crippen LogP contribution in [0.2, 0.25) is 0 Å². The molecule has 0 atom stereocenters. The van der Waals surface area contributed by atoms with Crippen LogP contribution in [0.15, 0.2) is 72.8 Å².